The number of aliphatic carboxylic acids is 1. The standard InChI is InChI=1S/C20H12O10/c21-7-1-3-9-11(5-7)29-19(27)14(16(9)23)13(18(25)26)15-17(24)10-4-2-8(22)6-12(10)30-20(15)28/h1-6,13,21-24H,(H,25,26). The fourth-order valence-electron chi connectivity index (χ4n) is 3.28. The van der Waals surface area contributed by atoms with E-state index >= 15 is 0 Å². The highest BCUT2D eigenvalue weighted by atomic mass is 16.4. The van der Waals surface area contributed by atoms with Crippen LogP contribution in [0.1, 0.15) is 17.0 Å². The molecule has 2 aromatic heterocycles. The number of rotatable bonds is 3. The molecule has 0 saturated carbocycles. The minimum atomic E-state index is -2.13. The molecule has 0 aliphatic heterocycles. The lowest BCUT2D eigenvalue weighted by molar-refractivity contribution is -0.137. The maximum atomic E-state index is 12.5. The van der Waals surface area contributed by atoms with Gasteiger partial charge in [-0.25, -0.2) is 9.59 Å². The highest BCUT2D eigenvalue weighted by Crippen LogP contribution is 2.39. The van der Waals surface area contributed by atoms with E-state index in [0.29, 0.717) is 0 Å². The Kier molecular flexibility index (Phi) is 4.12. The second-order valence-corrected chi connectivity index (χ2v) is 6.44. The number of benzene rings is 2. The summed E-state index contributed by atoms with van der Waals surface area (Å²) in [4.78, 5) is 37.0. The Morgan fingerprint density at radius 2 is 1.13 bits per heavy atom. The summed E-state index contributed by atoms with van der Waals surface area (Å²) in [5.74, 6) is -5.98. The second kappa shape index (κ2) is 6.55. The Balaban J connectivity index is 2.08. The van der Waals surface area contributed by atoms with Crippen molar-refractivity contribution in [3.63, 3.8) is 0 Å². The van der Waals surface area contributed by atoms with Gasteiger partial charge in [0.25, 0.3) is 0 Å². The van der Waals surface area contributed by atoms with E-state index in [1.165, 1.54) is 24.3 Å². The van der Waals surface area contributed by atoms with Crippen molar-refractivity contribution in [2.24, 2.45) is 0 Å². The molecule has 0 unspecified atom stereocenters. The van der Waals surface area contributed by atoms with E-state index in [4.69, 9.17) is 8.83 Å². The predicted molar refractivity (Wildman–Crippen MR) is 101 cm³/mol. The number of hydrogen-bond acceptors (Lipinski definition) is 9. The van der Waals surface area contributed by atoms with Crippen molar-refractivity contribution in [2.45, 2.75) is 5.92 Å². The van der Waals surface area contributed by atoms with Crippen LogP contribution in [0.15, 0.2) is 54.8 Å². The Bertz CT molecular complexity index is 1360. The van der Waals surface area contributed by atoms with Gasteiger partial charge in [0, 0.05) is 12.1 Å². The Morgan fingerprint density at radius 1 is 0.733 bits per heavy atom. The van der Waals surface area contributed by atoms with E-state index in [1.807, 2.05) is 0 Å². The van der Waals surface area contributed by atoms with Gasteiger partial charge >= 0.3 is 17.2 Å². The number of hydrogen-bond donors (Lipinski definition) is 5. The van der Waals surface area contributed by atoms with Gasteiger partial charge in [0.1, 0.15) is 40.1 Å². The zero-order valence-corrected chi connectivity index (χ0v) is 14.8. The van der Waals surface area contributed by atoms with E-state index in [1.54, 1.807) is 0 Å². The quantitative estimate of drug-likeness (QED) is 0.312. The molecular formula is C20H12O10. The van der Waals surface area contributed by atoms with Gasteiger partial charge in [0.2, 0.25) is 0 Å². The SMILES string of the molecule is O=C(O)C(c1c(O)c2ccc(O)cc2oc1=O)c1c(O)c2ccc(O)cc2oc1=O. The van der Waals surface area contributed by atoms with Crippen LogP contribution in [0.2, 0.25) is 0 Å². The van der Waals surface area contributed by atoms with Crippen LogP contribution in [-0.4, -0.2) is 31.5 Å². The first-order valence-electron chi connectivity index (χ1n) is 8.39. The first-order chi connectivity index (χ1) is 14.2. The largest absolute Gasteiger partial charge is 0.508 e. The van der Waals surface area contributed by atoms with Crippen molar-refractivity contribution in [1.82, 2.24) is 0 Å². The van der Waals surface area contributed by atoms with Crippen LogP contribution >= 0.6 is 0 Å². The van der Waals surface area contributed by atoms with Crippen molar-refractivity contribution >= 4 is 27.9 Å². The van der Waals surface area contributed by atoms with E-state index in [9.17, 15) is 39.9 Å². The van der Waals surface area contributed by atoms with Crippen LogP contribution in [0.5, 0.6) is 23.0 Å². The molecule has 4 rings (SSSR count). The number of carboxylic acid groups (broad SMARTS) is 1. The van der Waals surface area contributed by atoms with Crippen LogP contribution in [0.4, 0.5) is 0 Å². The molecular weight excluding hydrogens is 400 g/mol. The number of phenolic OH excluding ortho intramolecular Hbond substituents is 2. The number of fused-ring (bicyclic) bond motifs is 2. The average molecular weight is 412 g/mol. The maximum absolute atomic E-state index is 12.5. The zero-order valence-electron chi connectivity index (χ0n) is 14.8. The molecule has 4 aromatic rings. The molecule has 0 amide bonds. The second-order valence-electron chi connectivity index (χ2n) is 6.44. The van der Waals surface area contributed by atoms with Gasteiger partial charge < -0.3 is 34.4 Å². The number of aromatic hydroxyl groups is 4. The fourth-order valence-corrected chi connectivity index (χ4v) is 3.28. The molecule has 0 spiro atoms. The molecule has 0 aliphatic rings. The van der Waals surface area contributed by atoms with Gasteiger partial charge in [-0.1, -0.05) is 0 Å². The third-order valence-electron chi connectivity index (χ3n) is 4.62. The van der Waals surface area contributed by atoms with Crippen molar-refractivity contribution in [3.8, 4) is 23.0 Å². The fraction of sp³-hybridized carbons (Fsp3) is 0.0500. The van der Waals surface area contributed by atoms with Crippen molar-refractivity contribution in [2.75, 3.05) is 0 Å². The minimum absolute atomic E-state index is 0.0942. The molecule has 2 aromatic carbocycles. The third kappa shape index (κ3) is 2.78. The molecule has 0 radical (unpaired) electrons. The predicted octanol–water partition coefficient (Wildman–Crippen LogP) is 1.94. The van der Waals surface area contributed by atoms with E-state index < -0.39 is 45.8 Å². The summed E-state index contributed by atoms with van der Waals surface area (Å²) < 4.78 is 10.0. The summed E-state index contributed by atoms with van der Waals surface area (Å²) in [5.41, 5.74) is -4.61. The summed E-state index contributed by atoms with van der Waals surface area (Å²) in [6, 6.07) is 6.83. The highest BCUT2D eigenvalue weighted by Gasteiger charge is 2.36. The Hall–Kier alpha value is -4.47. The topological polar surface area (TPSA) is 179 Å². The first-order valence-corrected chi connectivity index (χ1v) is 8.39. The maximum Gasteiger partial charge on any atom is 0.344 e. The van der Waals surface area contributed by atoms with E-state index in [2.05, 4.69) is 0 Å². The first kappa shape index (κ1) is 18.9. The Labute approximate surface area is 165 Å². The molecule has 0 atom stereocenters. The van der Waals surface area contributed by atoms with Gasteiger partial charge in [-0.3, -0.25) is 4.79 Å². The molecule has 0 bridgehead atoms. The van der Waals surface area contributed by atoms with Crippen LogP contribution < -0.4 is 11.3 Å². The van der Waals surface area contributed by atoms with Crippen LogP contribution in [0.25, 0.3) is 21.9 Å². The lowest BCUT2D eigenvalue weighted by Crippen LogP contribution is -2.26. The zero-order chi connectivity index (χ0) is 21.7. The average Bonchev–Trinajstić information content (AvgIpc) is 2.65. The number of carbonyl (C=O) groups is 1. The van der Waals surface area contributed by atoms with Gasteiger partial charge in [0.15, 0.2) is 0 Å². The van der Waals surface area contributed by atoms with Gasteiger partial charge in [-0.2, -0.15) is 0 Å². The molecule has 30 heavy (non-hydrogen) atoms. The van der Waals surface area contributed by atoms with E-state index in [-0.39, 0.29) is 33.4 Å². The van der Waals surface area contributed by atoms with Gasteiger partial charge in [-0.15, -0.1) is 0 Å². The number of carboxylic acids is 1. The molecule has 152 valence electrons. The van der Waals surface area contributed by atoms with Crippen LogP contribution in [0, 0.1) is 0 Å². The normalized spacial score (nSPS) is 11.4. The summed E-state index contributed by atoms with van der Waals surface area (Å²) in [7, 11) is 0. The summed E-state index contributed by atoms with van der Waals surface area (Å²) in [6.45, 7) is 0. The molecule has 10 heteroatoms. The molecule has 0 aliphatic carbocycles. The van der Waals surface area contributed by atoms with Crippen molar-refractivity contribution < 1.29 is 39.2 Å². The van der Waals surface area contributed by atoms with Crippen molar-refractivity contribution in [1.29, 1.82) is 0 Å². The van der Waals surface area contributed by atoms with E-state index in [0.717, 1.165) is 12.1 Å². The van der Waals surface area contributed by atoms with Crippen molar-refractivity contribution in [3.05, 3.63) is 68.4 Å². The lowest BCUT2D eigenvalue weighted by Gasteiger charge is -2.15. The molecule has 10 nitrogen and oxygen atoms in total. The highest BCUT2D eigenvalue weighted by molar-refractivity contribution is 5.92. The smallest absolute Gasteiger partial charge is 0.344 e. The summed E-state index contributed by atoms with van der Waals surface area (Å²) in [6.07, 6.45) is 0. The van der Waals surface area contributed by atoms with Crippen LogP contribution in [0.3, 0.4) is 0 Å². The summed E-state index contributed by atoms with van der Waals surface area (Å²) in [5, 5.41) is 49.7. The molecule has 2 heterocycles. The molecule has 0 fully saturated rings. The number of phenols is 2. The molecule has 5 N–H and O–H groups in total. The Morgan fingerprint density at radius 3 is 1.50 bits per heavy atom. The van der Waals surface area contributed by atoms with Crippen LogP contribution in [-0.2, 0) is 4.79 Å². The monoisotopic (exact) mass is 412 g/mol. The van der Waals surface area contributed by atoms with Gasteiger partial charge in [-0.05, 0) is 24.3 Å². The minimum Gasteiger partial charge on any atom is -0.508 e. The summed E-state index contributed by atoms with van der Waals surface area (Å²) >= 11 is 0. The molecule has 0 saturated heterocycles. The third-order valence-corrected chi connectivity index (χ3v) is 4.62. The lowest BCUT2D eigenvalue weighted by atomic mass is 9.90. The van der Waals surface area contributed by atoms with Gasteiger partial charge in [0.05, 0.1) is 21.9 Å².